The number of anilines is 1. The van der Waals surface area contributed by atoms with Crippen molar-refractivity contribution in [3.05, 3.63) is 29.8 Å². The molecule has 0 bridgehead atoms. The van der Waals surface area contributed by atoms with E-state index in [4.69, 9.17) is 0 Å². The monoisotopic (exact) mass is 368 g/mol. The molecule has 0 spiro atoms. The predicted molar refractivity (Wildman–Crippen MR) is 95.9 cm³/mol. The highest BCUT2D eigenvalue weighted by Gasteiger charge is 2.44. The van der Waals surface area contributed by atoms with E-state index in [0.29, 0.717) is 19.4 Å². The Labute approximate surface area is 153 Å². The van der Waals surface area contributed by atoms with Crippen molar-refractivity contribution >= 4 is 11.6 Å². The zero-order chi connectivity index (χ0) is 18.7. The number of para-hydroxylation sites is 1. The summed E-state index contributed by atoms with van der Waals surface area (Å²) in [5.74, 6) is -2.01. The van der Waals surface area contributed by atoms with Crippen LogP contribution in [0, 0.1) is 11.8 Å². The highest BCUT2D eigenvalue weighted by molar-refractivity contribution is 5.79. The van der Waals surface area contributed by atoms with Crippen molar-refractivity contribution in [1.29, 1.82) is 0 Å². The lowest BCUT2D eigenvalue weighted by Crippen LogP contribution is -2.38. The molecule has 1 aliphatic heterocycles. The van der Waals surface area contributed by atoms with Gasteiger partial charge in [-0.05, 0) is 43.7 Å². The third kappa shape index (κ3) is 4.33. The molecule has 1 amide bonds. The van der Waals surface area contributed by atoms with Crippen LogP contribution in [-0.2, 0) is 11.3 Å². The van der Waals surface area contributed by atoms with Crippen LogP contribution in [-0.4, -0.2) is 37.1 Å². The molecule has 1 saturated carbocycles. The molecule has 2 atom stereocenters. The van der Waals surface area contributed by atoms with Gasteiger partial charge in [-0.2, -0.15) is 13.2 Å². The van der Waals surface area contributed by atoms with Crippen molar-refractivity contribution in [2.45, 2.75) is 51.2 Å². The number of alkyl halides is 3. The van der Waals surface area contributed by atoms with E-state index in [1.54, 1.807) is 11.9 Å². The second-order valence-electron chi connectivity index (χ2n) is 7.62. The molecule has 1 aromatic carbocycles. The number of benzene rings is 1. The minimum Gasteiger partial charge on any atom is -0.371 e. The molecule has 3 rings (SSSR count). The Hall–Kier alpha value is -1.72. The van der Waals surface area contributed by atoms with E-state index in [1.165, 1.54) is 12.8 Å². The van der Waals surface area contributed by atoms with Gasteiger partial charge in [0.25, 0.3) is 0 Å². The molecule has 1 saturated heterocycles. The molecule has 1 aromatic rings. The predicted octanol–water partition coefficient (Wildman–Crippen LogP) is 4.61. The van der Waals surface area contributed by atoms with E-state index in [2.05, 4.69) is 11.0 Å². The van der Waals surface area contributed by atoms with Gasteiger partial charge in [-0.15, -0.1) is 0 Å². The molecule has 0 radical (unpaired) electrons. The zero-order valence-electron chi connectivity index (χ0n) is 15.3. The largest absolute Gasteiger partial charge is 0.391 e. The minimum atomic E-state index is -4.19. The van der Waals surface area contributed by atoms with Gasteiger partial charge in [-0.1, -0.05) is 24.6 Å². The molecule has 0 aromatic heterocycles. The number of hydrogen-bond donors (Lipinski definition) is 0. The van der Waals surface area contributed by atoms with Crippen molar-refractivity contribution < 1.29 is 18.0 Å². The first-order valence-electron chi connectivity index (χ1n) is 9.51. The number of amides is 1. The molecule has 1 heterocycles. The summed E-state index contributed by atoms with van der Waals surface area (Å²) >= 11 is 0. The maximum atomic E-state index is 13.0. The number of hydrogen-bond acceptors (Lipinski definition) is 2. The van der Waals surface area contributed by atoms with Gasteiger partial charge in [0.05, 0.1) is 5.92 Å². The Morgan fingerprint density at radius 3 is 2.54 bits per heavy atom. The lowest BCUT2D eigenvalue weighted by Gasteiger charge is -2.32. The fourth-order valence-electron chi connectivity index (χ4n) is 4.27. The summed E-state index contributed by atoms with van der Waals surface area (Å²) in [7, 11) is 1.71. The maximum Gasteiger partial charge on any atom is 0.391 e. The summed E-state index contributed by atoms with van der Waals surface area (Å²) in [4.78, 5) is 16.7. The molecule has 3 nitrogen and oxygen atoms in total. The molecule has 6 heteroatoms. The Balaban J connectivity index is 1.66. The van der Waals surface area contributed by atoms with Gasteiger partial charge in [0, 0.05) is 38.3 Å². The first-order valence-corrected chi connectivity index (χ1v) is 9.51. The van der Waals surface area contributed by atoms with Gasteiger partial charge in [0.1, 0.15) is 0 Å². The SMILES string of the molecule is CN(Cc1ccccc1N1CCCC1)C(=O)C1CCCC(C(F)(F)F)C1. The van der Waals surface area contributed by atoms with Gasteiger partial charge in [0.2, 0.25) is 5.91 Å². The highest BCUT2D eigenvalue weighted by Crippen LogP contribution is 2.40. The Morgan fingerprint density at radius 2 is 1.85 bits per heavy atom. The van der Waals surface area contributed by atoms with Gasteiger partial charge in [-0.3, -0.25) is 4.79 Å². The van der Waals surface area contributed by atoms with Crippen LogP contribution < -0.4 is 4.90 Å². The molecule has 2 unspecified atom stereocenters. The molecular weight excluding hydrogens is 341 g/mol. The maximum absolute atomic E-state index is 13.0. The first kappa shape index (κ1) is 19.1. The lowest BCUT2D eigenvalue weighted by atomic mass is 9.80. The van der Waals surface area contributed by atoms with Crippen molar-refractivity contribution in [2.24, 2.45) is 11.8 Å². The van der Waals surface area contributed by atoms with Crippen molar-refractivity contribution in [3.8, 4) is 0 Å². The van der Waals surface area contributed by atoms with E-state index in [0.717, 1.165) is 24.3 Å². The van der Waals surface area contributed by atoms with Crippen LogP contribution in [0.2, 0.25) is 0 Å². The summed E-state index contributed by atoms with van der Waals surface area (Å²) < 4.78 is 39.1. The van der Waals surface area contributed by atoms with Crippen LogP contribution in [0.25, 0.3) is 0 Å². The Kier molecular flexibility index (Phi) is 5.78. The Morgan fingerprint density at radius 1 is 1.15 bits per heavy atom. The minimum absolute atomic E-state index is 0.0690. The van der Waals surface area contributed by atoms with E-state index >= 15 is 0 Å². The van der Waals surface area contributed by atoms with Gasteiger partial charge in [0.15, 0.2) is 0 Å². The van der Waals surface area contributed by atoms with Gasteiger partial charge >= 0.3 is 6.18 Å². The van der Waals surface area contributed by atoms with Crippen molar-refractivity contribution in [1.82, 2.24) is 4.90 Å². The number of carbonyl (C=O) groups is 1. The molecule has 144 valence electrons. The molecular formula is C20H27F3N2O. The van der Waals surface area contributed by atoms with Crippen LogP contribution in [0.4, 0.5) is 18.9 Å². The zero-order valence-corrected chi connectivity index (χ0v) is 15.3. The second-order valence-corrected chi connectivity index (χ2v) is 7.62. The highest BCUT2D eigenvalue weighted by atomic mass is 19.4. The van der Waals surface area contributed by atoms with Crippen LogP contribution in [0.5, 0.6) is 0 Å². The number of halogens is 3. The standard InChI is InChI=1S/C20H27F3N2O/c1-24(19(26)15-8-6-9-17(13-15)20(21,22)23)14-16-7-2-3-10-18(16)25-11-4-5-12-25/h2-3,7,10,15,17H,4-6,8-9,11-14H2,1H3. The molecule has 26 heavy (non-hydrogen) atoms. The van der Waals surface area contributed by atoms with E-state index in [1.807, 2.05) is 18.2 Å². The van der Waals surface area contributed by atoms with Gasteiger partial charge in [-0.25, -0.2) is 0 Å². The lowest BCUT2D eigenvalue weighted by molar-refractivity contribution is -0.187. The van der Waals surface area contributed by atoms with Crippen LogP contribution in [0.15, 0.2) is 24.3 Å². The van der Waals surface area contributed by atoms with E-state index in [-0.39, 0.29) is 18.7 Å². The molecule has 1 aliphatic carbocycles. The first-order chi connectivity index (χ1) is 12.4. The van der Waals surface area contributed by atoms with E-state index in [9.17, 15) is 18.0 Å². The van der Waals surface area contributed by atoms with Gasteiger partial charge < -0.3 is 9.80 Å². The third-order valence-corrected chi connectivity index (χ3v) is 5.71. The summed E-state index contributed by atoms with van der Waals surface area (Å²) in [5, 5.41) is 0. The smallest absolute Gasteiger partial charge is 0.371 e. The van der Waals surface area contributed by atoms with Crippen LogP contribution in [0.3, 0.4) is 0 Å². The summed E-state index contributed by atoms with van der Waals surface area (Å²) in [6.45, 7) is 2.48. The average Bonchev–Trinajstić information content (AvgIpc) is 3.15. The number of nitrogens with zero attached hydrogens (tertiary/aromatic N) is 2. The summed E-state index contributed by atoms with van der Waals surface area (Å²) in [6.07, 6.45) is -0.745. The fourth-order valence-corrected chi connectivity index (χ4v) is 4.27. The van der Waals surface area contributed by atoms with E-state index < -0.39 is 18.0 Å². The summed E-state index contributed by atoms with van der Waals surface area (Å²) in [5.41, 5.74) is 2.20. The van der Waals surface area contributed by atoms with Crippen LogP contribution >= 0.6 is 0 Å². The fraction of sp³-hybridized carbons (Fsp3) is 0.650. The molecule has 0 N–H and O–H groups in total. The normalized spacial score (nSPS) is 23.9. The topological polar surface area (TPSA) is 23.6 Å². The molecule has 2 fully saturated rings. The summed E-state index contributed by atoms with van der Waals surface area (Å²) in [6, 6.07) is 8.03. The number of rotatable bonds is 4. The second kappa shape index (κ2) is 7.89. The van der Waals surface area contributed by atoms with Crippen molar-refractivity contribution in [3.63, 3.8) is 0 Å². The average molecular weight is 368 g/mol. The Bertz CT molecular complexity index is 626. The van der Waals surface area contributed by atoms with Crippen molar-refractivity contribution in [2.75, 3.05) is 25.0 Å². The third-order valence-electron chi connectivity index (χ3n) is 5.71. The quantitative estimate of drug-likeness (QED) is 0.775. The molecule has 2 aliphatic rings. The van der Waals surface area contributed by atoms with Crippen LogP contribution in [0.1, 0.15) is 44.1 Å². The number of carbonyl (C=O) groups excluding carboxylic acids is 1.